The van der Waals surface area contributed by atoms with E-state index in [2.05, 4.69) is 20.5 Å². The van der Waals surface area contributed by atoms with Gasteiger partial charge in [0.2, 0.25) is 5.82 Å². The van der Waals surface area contributed by atoms with Crippen LogP contribution in [0.4, 0.5) is 5.00 Å². The second kappa shape index (κ2) is 4.47. The molecule has 2 aromatic rings. The summed E-state index contributed by atoms with van der Waals surface area (Å²) < 4.78 is 0. The highest BCUT2D eigenvalue weighted by molar-refractivity contribution is 7.14. The van der Waals surface area contributed by atoms with Gasteiger partial charge in [0.25, 0.3) is 11.8 Å². The number of H-pyrrole nitrogens is 1. The van der Waals surface area contributed by atoms with Crippen LogP contribution in [0, 0.1) is 0 Å². The van der Waals surface area contributed by atoms with Crippen molar-refractivity contribution in [2.24, 2.45) is 5.73 Å². The maximum atomic E-state index is 11.9. The van der Waals surface area contributed by atoms with Crippen molar-refractivity contribution in [2.75, 3.05) is 5.32 Å². The summed E-state index contributed by atoms with van der Waals surface area (Å²) in [7, 11) is 0. The summed E-state index contributed by atoms with van der Waals surface area (Å²) in [5, 5.41) is 11.3. The normalized spacial score (nSPS) is 14.3. The Balaban J connectivity index is 1.76. The molecule has 2 heterocycles. The maximum absolute atomic E-state index is 11.9. The molecular weight excluding hydrogens is 266 g/mol. The Morgan fingerprint density at radius 2 is 2.26 bits per heavy atom. The first kappa shape index (κ1) is 11.8. The van der Waals surface area contributed by atoms with E-state index >= 15 is 0 Å². The highest BCUT2D eigenvalue weighted by Gasteiger charge is 2.28. The molecule has 7 nitrogen and oxygen atoms in total. The van der Waals surface area contributed by atoms with Gasteiger partial charge in [0.1, 0.15) is 10.8 Å². The van der Waals surface area contributed by atoms with Gasteiger partial charge in [0.05, 0.1) is 5.56 Å². The molecule has 4 N–H and O–H groups in total. The lowest BCUT2D eigenvalue weighted by Crippen LogP contribution is -2.17. The number of carbonyl (C=O) groups excluding carboxylic acids is 2. The Labute approximate surface area is 112 Å². The number of carbonyl (C=O) groups is 2. The molecule has 0 radical (unpaired) electrons. The zero-order chi connectivity index (χ0) is 13.4. The van der Waals surface area contributed by atoms with Crippen LogP contribution < -0.4 is 11.1 Å². The molecule has 1 saturated carbocycles. The molecule has 8 heteroatoms. The minimum absolute atomic E-state index is 0.0747. The predicted molar refractivity (Wildman–Crippen MR) is 69.1 cm³/mol. The summed E-state index contributed by atoms with van der Waals surface area (Å²) in [5.41, 5.74) is 5.49. The first-order chi connectivity index (χ1) is 9.15. The minimum atomic E-state index is -0.579. The van der Waals surface area contributed by atoms with Crippen LogP contribution in [0.15, 0.2) is 11.4 Å². The van der Waals surface area contributed by atoms with Gasteiger partial charge in [-0.2, -0.15) is 0 Å². The van der Waals surface area contributed by atoms with Crippen molar-refractivity contribution in [1.82, 2.24) is 15.2 Å². The van der Waals surface area contributed by atoms with Crippen LogP contribution in [0.5, 0.6) is 0 Å². The minimum Gasteiger partial charge on any atom is -0.366 e. The predicted octanol–water partition coefficient (Wildman–Crippen LogP) is 1.09. The third-order valence-corrected chi connectivity index (χ3v) is 3.66. The zero-order valence-electron chi connectivity index (χ0n) is 9.84. The Morgan fingerprint density at radius 3 is 2.95 bits per heavy atom. The second-order valence-corrected chi connectivity index (χ2v) is 5.22. The smallest absolute Gasteiger partial charge is 0.295 e. The summed E-state index contributed by atoms with van der Waals surface area (Å²) in [6.07, 6.45) is 2.15. The molecule has 1 aliphatic carbocycles. The van der Waals surface area contributed by atoms with Crippen LogP contribution in [0.3, 0.4) is 0 Å². The fraction of sp³-hybridized carbons (Fsp3) is 0.273. The van der Waals surface area contributed by atoms with Gasteiger partial charge in [0.15, 0.2) is 0 Å². The van der Waals surface area contributed by atoms with E-state index in [0.29, 0.717) is 10.9 Å². The zero-order valence-corrected chi connectivity index (χ0v) is 10.7. The molecule has 19 heavy (non-hydrogen) atoms. The highest BCUT2D eigenvalue weighted by Crippen LogP contribution is 2.37. The number of hydrogen-bond donors (Lipinski definition) is 3. The van der Waals surface area contributed by atoms with Crippen LogP contribution in [-0.4, -0.2) is 27.0 Å². The number of nitrogens with zero attached hydrogens (tertiary/aromatic N) is 2. The number of primary amides is 1. The molecule has 3 rings (SSSR count). The van der Waals surface area contributed by atoms with E-state index < -0.39 is 11.8 Å². The molecular formula is C11H11N5O2S. The fourth-order valence-corrected chi connectivity index (χ4v) is 2.46. The second-order valence-electron chi connectivity index (χ2n) is 4.30. The van der Waals surface area contributed by atoms with Crippen LogP contribution in [0.25, 0.3) is 0 Å². The van der Waals surface area contributed by atoms with E-state index in [1.165, 1.54) is 11.3 Å². The third kappa shape index (κ3) is 2.34. The van der Waals surface area contributed by atoms with E-state index in [0.717, 1.165) is 18.7 Å². The SMILES string of the molecule is NC(=O)c1ccsc1NC(=O)c1n[nH]c(C2CC2)n1. The van der Waals surface area contributed by atoms with E-state index in [9.17, 15) is 9.59 Å². The van der Waals surface area contributed by atoms with Crippen molar-refractivity contribution < 1.29 is 9.59 Å². The number of aromatic amines is 1. The van der Waals surface area contributed by atoms with Gasteiger partial charge >= 0.3 is 0 Å². The molecule has 2 aromatic heterocycles. The molecule has 0 aliphatic heterocycles. The van der Waals surface area contributed by atoms with Gasteiger partial charge < -0.3 is 11.1 Å². The lowest BCUT2D eigenvalue weighted by molar-refractivity contribution is 0.100. The quantitative estimate of drug-likeness (QED) is 0.776. The van der Waals surface area contributed by atoms with Gasteiger partial charge in [-0.1, -0.05) is 0 Å². The first-order valence-corrected chi connectivity index (χ1v) is 6.64. The summed E-state index contributed by atoms with van der Waals surface area (Å²) in [6, 6.07) is 1.57. The summed E-state index contributed by atoms with van der Waals surface area (Å²) in [6.45, 7) is 0. The Bertz CT molecular complexity index is 643. The van der Waals surface area contributed by atoms with Crippen molar-refractivity contribution in [3.63, 3.8) is 0 Å². The van der Waals surface area contributed by atoms with E-state index in [-0.39, 0.29) is 11.4 Å². The molecule has 0 saturated heterocycles. The largest absolute Gasteiger partial charge is 0.366 e. The Hall–Kier alpha value is -2.22. The number of hydrogen-bond acceptors (Lipinski definition) is 5. The lowest BCUT2D eigenvalue weighted by Gasteiger charge is -2.00. The number of nitrogens with one attached hydrogen (secondary N) is 2. The monoisotopic (exact) mass is 277 g/mol. The van der Waals surface area contributed by atoms with Crippen molar-refractivity contribution in [3.8, 4) is 0 Å². The van der Waals surface area contributed by atoms with Crippen molar-refractivity contribution in [1.29, 1.82) is 0 Å². The molecule has 0 aromatic carbocycles. The molecule has 2 amide bonds. The average Bonchev–Trinajstić information content (AvgIpc) is 2.92. The van der Waals surface area contributed by atoms with Crippen molar-refractivity contribution >= 4 is 28.2 Å². The molecule has 0 unspecified atom stereocenters. The van der Waals surface area contributed by atoms with Crippen molar-refractivity contribution in [2.45, 2.75) is 18.8 Å². The van der Waals surface area contributed by atoms with E-state index in [4.69, 9.17) is 5.73 Å². The summed E-state index contributed by atoms with van der Waals surface area (Å²) in [4.78, 5) is 27.2. The summed E-state index contributed by atoms with van der Waals surface area (Å²) in [5.74, 6) is 0.187. The maximum Gasteiger partial charge on any atom is 0.295 e. The average molecular weight is 277 g/mol. The number of aromatic nitrogens is 3. The van der Waals surface area contributed by atoms with E-state index in [1.807, 2.05) is 0 Å². The number of thiophene rings is 1. The van der Waals surface area contributed by atoms with Crippen molar-refractivity contribution in [3.05, 3.63) is 28.7 Å². The molecule has 0 atom stereocenters. The molecule has 0 spiro atoms. The molecule has 1 aliphatic rings. The molecule has 1 fully saturated rings. The fourth-order valence-electron chi connectivity index (χ4n) is 1.67. The Morgan fingerprint density at radius 1 is 1.47 bits per heavy atom. The van der Waals surface area contributed by atoms with Gasteiger partial charge in [0, 0.05) is 5.92 Å². The highest BCUT2D eigenvalue weighted by atomic mass is 32.1. The van der Waals surface area contributed by atoms with Gasteiger partial charge in [-0.15, -0.1) is 16.4 Å². The lowest BCUT2D eigenvalue weighted by atomic mass is 10.3. The Kier molecular flexibility index (Phi) is 2.79. The van der Waals surface area contributed by atoms with Crippen LogP contribution in [0.1, 0.15) is 45.6 Å². The first-order valence-electron chi connectivity index (χ1n) is 5.76. The van der Waals surface area contributed by atoms with Crippen LogP contribution in [0.2, 0.25) is 0 Å². The standard InChI is InChI=1S/C11H11N5O2S/c12-7(17)6-3-4-19-11(6)14-10(18)9-13-8(15-16-9)5-1-2-5/h3-5H,1-2H2,(H2,12,17)(H,14,18)(H,13,15,16). The van der Waals surface area contributed by atoms with Gasteiger partial charge in [-0.3, -0.25) is 14.7 Å². The number of nitrogens with two attached hydrogens (primary N) is 1. The number of anilines is 1. The van der Waals surface area contributed by atoms with E-state index in [1.54, 1.807) is 11.4 Å². The number of rotatable bonds is 4. The summed E-state index contributed by atoms with van der Waals surface area (Å²) >= 11 is 1.23. The number of amides is 2. The van der Waals surface area contributed by atoms with Gasteiger partial charge in [-0.05, 0) is 24.3 Å². The third-order valence-electron chi connectivity index (χ3n) is 2.83. The molecule has 0 bridgehead atoms. The van der Waals surface area contributed by atoms with Crippen LogP contribution in [-0.2, 0) is 0 Å². The molecule has 98 valence electrons. The topological polar surface area (TPSA) is 114 Å². The van der Waals surface area contributed by atoms with Crippen LogP contribution >= 0.6 is 11.3 Å². The van der Waals surface area contributed by atoms with Gasteiger partial charge in [-0.25, -0.2) is 4.98 Å².